The summed E-state index contributed by atoms with van der Waals surface area (Å²) < 4.78 is 2.39. The van der Waals surface area contributed by atoms with E-state index in [0.717, 1.165) is 0 Å². The normalized spacial score (nSPS) is 13.6. The van der Waals surface area contributed by atoms with Gasteiger partial charge in [0, 0.05) is 5.92 Å². The third-order valence-electron chi connectivity index (χ3n) is 5.93. The second kappa shape index (κ2) is 13.6. The molecule has 1 aromatic carbocycles. The third-order valence-corrected chi connectivity index (χ3v) is 5.93. The van der Waals surface area contributed by atoms with Crippen LogP contribution in [-0.4, -0.2) is 4.98 Å². The number of hydrogen-bond donors (Lipinski definition) is 1. The quantitative estimate of drug-likeness (QED) is 0.257. The number of rotatable bonds is 15. The Morgan fingerprint density at radius 1 is 0.852 bits per heavy atom. The van der Waals surface area contributed by atoms with Crippen molar-refractivity contribution in [3.8, 4) is 0 Å². The number of aromatic amines is 1. The molecule has 0 aliphatic heterocycles. The van der Waals surface area contributed by atoms with Gasteiger partial charge in [0.15, 0.2) is 0 Å². The minimum Gasteiger partial charge on any atom is -0.250 e. The van der Waals surface area contributed by atoms with Crippen LogP contribution in [0.2, 0.25) is 0 Å². The molecule has 2 nitrogen and oxygen atoms in total. The Hall–Kier alpha value is -1.57. The highest BCUT2D eigenvalue weighted by atomic mass is 15.1. The Balaban J connectivity index is 1.80. The van der Waals surface area contributed by atoms with E-state index in [0.29, 0.717) is 12.0 Å². The van der Waals surface area contributed by atoms with E-state index in [2.05, 4.69) is 66.3 Å². The summed E-state index contributed by atoms with van der Waals surface area (Å²) in [6.07, 6.45) is 22.8. The molecule has 0 spiro atoms. The lowest BCUT2D eigenvalue weighted by Crippen LogP contribution is -2.42. The maximum atomic E-state index is 3.23. The Morgan fingerprint density at radius 2 is 1.52 bits per heavy atom. The van der Waals surface area contributed by atoms with E-state index in [1.807, 2.05) is 6.20 Å². The highest BCUT2D eigenvalue weighted by molar-refractivity contribution is 5.15. The number of imidazole rings is 1. The average molecular weight is 370 g/mol. The van der Waals surface area contributed by atoms with E-state index < -0.39 is 0 Å². The number of H-pyrrole nitrogens is 1. The fraction of sp³-hybridized carbons (Fsp3) is 0.640. The summed E-state index contributed by atoms with van der Waals surface area (Å²) in [7, 11) is 0. The zero-order chi connectivity index (χ0) is 19.2. The molecule has 2 unspecified atom stereocenters. The average Bonchev–Trinajstić information content (AvgIpc) is 3.22. The van der Waals surface area contributed by atoms with Gasteiger partial charge in [-0.2, -0.15) is 0 Å². The van der Waals surface area contributed by atoms with Crippen LogP contribution in [0.1, 0.15) is 96.1 Å². The lowest BCUT2D eigenvalue weighted by atomic mass is 9.86. The van der Waals surface area contributed by atoms with Gasteiger partial charge in [0.25, 0.3) is 0 Å². The van der Waals surface area contributed by atoms with Crippen molar-refractivity contribution in [1.82, 2.24) is 4.98 Å². The fourth-order valence-electron chi connectivity index (χ4n) is 4.36. The Morgan fingerprint density at radius 3 is 2.11 bits per heavy atom. The molecule has 1 heterocycles. The number of nitrogens with zero attached hydrogens (tertiary/aromatic N) is 1. The van der Waals surface area contributed by atoms with Crippen molar-refractivity contribution in [3.05, 3.63) is 54.6 Å². The second-order valence-electron chi connectivity index (χ2n) is 8.10. The highest BCUT2D eigenvalue weighted by Gasteiger charge is 2.25. The molecule has 0 saturated heterocycles. The molecular formula is C25H41N2+. The SMILES string of the molecule is CCCCCCCCCCCC(Cc1ccccc1)C(CC)[n+]1cc[nH]c1. The zero-order valence-electron chi connectivity index (χ0n) is 17.7. The molecule has 150 valence electrons. The van der Waals surface area contributed by atoms with Gasteiger partial charge in [-0.3, -0.25) is 4.98 Å². The summed E-state index contributed by atoms with van der Waals surface area (Å²) in [6, 6.07) is 11.6. The summed E-state index contributed by atoms with van der Waals surface area (Å²) in [6.45, 7) is 4.63. The van der Waals surface area contributed by atoms with Gasteiger partial charge < -0.3 is 0 Å². The van der Waals surface area contributed by atoms with Crippen molar-refractivity contribution < 1.29 is 4.57 Å². The van der Waals surface area contributed by atoms with Crippen LogP contribution in [0.5, 0.6) is 0 Å². The van der Waals surface area contributed by atoms with E-state index in [-0.39, 0.29) is 0 Å². The topological polar surface area (TPSA) is 19.7 Å². The molecule has 2 aromatic rings. The first-order valence-corrected chi connectivity index (χ1v) is 11.4. The van der Waals surface area contributed by atoms with Crippen molar-refractivity contribution in [2.24, 2.45) is 5.92 Å². The van der Waals surface area contributed by atoms with Gasteiger partial charge in [0.1, 0.15) is 18.4 Å². The minimum atomic E-state index is 0.588. The molecule has 2 atom stereocenters. The summed E-state index contributed by atoms with van der Waals surface area (Å²) in [5.74, 6) is 0.711. The van der Waals surface area contributed by atoms with Gasteiger partial charge in [-0.05, 0) is 24.8 Å². The van der Waals surface area contributed by atoms with E-state index in [1.165, 1.54) is 82.6 Å². The van der Waals surface area contributed by atoms with Gasteiger partial charge >= 0.3 is 0 Å². The second-order valence-corrected chi connectivity index (χ2v) is 8.10. The zero-order valence-corrected chi connectivity index (χ0v) is 17.7. The van der Waals surface area contributed by atoms with Crippen molar-refractivity contribution in [1.29, 1.82) is 0 Å². The van der Waals surface area contributed by atoms with E-state index in [4.69, 9.17) is 0 Å². The highest BCUT2D eigenvalue weighted by Crippen LogP contribution is 2.27. The maximum Gasteiger partial charge on any atom is 0.241 e. The molecule has 2 heteroatoms. The van der Waals surface area contributed by atoms with Gasteiger partial charge in [-0.15, -0.1) is 0 Å². The maximum absolute atomic E-state index is 3.23. The van der Waals surface area contributed by atoms with Crippen molar-refractivity contribution in [2.75, 3.05) is 0 Å². The van der Waals surface area contributed by atoms with Crippen LogP contribution in [0.3, 0.4) is 0 Å². The predicted molar refractivity (Wildman–Crippen MR) is 116 cm³/mol. The molecule has 2 rings (SSSR count). The summed E-state index contributed by atoms with van der Waals surface area (Å²) in [5, 5.41) is 0. The van der Waals surface area contributed by atoms with Gasteiger partial charge in [-0.25, -0.2) is 4.57 Å². The molecule has 0 bridgehead atoms. The van der Waals surface area contributed by atoms with Crippen LogP contribution >= 0.6 is 0 Å². The molecule has 27 heavy (non-hydrogen) atoms. The smallest absolute Gasteiger partial charge is 0.241 e. The Labute approximate surface area is 167 Å². The summed E-state index contributed by atoms with van der Waals surface area (Å²) >= 11 is 0. The van der Waals surface area contributed by atoms with Gasteiger partial charge in [-0.1, -0.05) is 102 Å². The molecular weight excluding hydrogens is 328 g/mol. The summed E-state index contributed by atoms with van der Waals surface area (Å²) in [5.41, 5.74) is 1.48. The van der Waals surface area contributed by atoms with Crippen LogP contribution in [-0.2, 0) is 6.42 Å². The predicted octanol–water partition coefficient (Wildman–Crippen LogP) is 7.03. The van der Waals surface area contributed by atoms with Gasteiger partial charge in [0.2, 0.25) is 6.33 Å². The lowest BCUT2D eigenvalue weighted by molar-refractivity contribution is -0.729. The number of unbranched alkanes of at least 4 members (excludes halogenated alkanes) is 8. The molecule has 0 aliphatic rings. The van der Waals surface area contributed by atoms with Crippen molar-refractivity contribution in [3.63, 3.8) is 0 Å². The number of aromatic nitrogens is 2. The minimum absolute atomic E-state index is 0.588. The molecule has 0 saturated carbocycles. The number of benzene rings is 1. The molecule has 1 aromatic heterocycles. The first kappa shape index (κ1) is 21.7. The van der Waals surface area contributed by atoms with Crippen molar-refractivity contribution in [2.45, 2.75) is 96.9 Å². The fourth-order valence-corrected chi connectivity index (χ4v) is 4.36. The van der Waals surface area contributed by atoms with Crippen LogP contribution in [0.4, 0.5) is 0 Å². The Bertz CT molecular complexity index is 561. The Kier molecular flexibility index (Phi) is 10.9. The monoisotopic (exact) mass is 369 g/mol. The van der Waals surface area contributed by atoms with E-state index in [1.54, 1.807) is 0 Å². The summed E-state index contributed by atoms with van der Waals surface area (Å²) in [4.78, 5) is 3.23. The van der Waals surface area contributed by atoms with Crippen LogP contribution < -0.4 is 4.57 Å². The number of nitrogens with one attached hydrogen (secondary N) is 1. The van der Waals surface area contributed by atoms with Crippen LogP contribution in [0, 0.1) is 5.92 Å². The third kappa shape index (κ3) is 8.32. The molecule has 0 fully saturated rings. The molecule has 0 aliphatic carbocycles. The first-order chi connectivity index (χ1) is 13.3. The van der Waals surface area contributed by atoms with Crippen LogP contribution in [0.15, 0.2) is 49.1 Å². The molecule has 0 radical (unpaired) electrons. The largest absolute Gasteiger partial charge is 0.250 e. The van der Waals surface area contributed by atoms with E-state index in [9.17, 15) is 0 Å². The first-order valence-electron chi connectivity index (χ1n) is 11.4. The molecule has 0 amide bonds. The van der Waals surface area contributed by atoms with E-state index >= 15 is 0 Å². The molecule has 1 N–H and O–H groups in total. The van der Waals surface area contributed by atoms with Crippen LogP contribution in [0.25, 0.3) is 0 Å². The van der Waals surface area contributed by atoms with Crippen molar-refractivity contribution >= 4 is 0 Å². The standard InChI is InChI=1S/C25H40N2/c1-3-5-6-7-8-9-10-11-15-18-24(21-23-16-13-12-14-17-23)25(4-2)27-20-19-26-22-27/h12-14,16-17,19-20,22,24-25H,3-11,15,18,21H2,1-2H3/p+1. The lowest BCUT2D eigenvalue weighted by Gasteiger charge is -2.24. The number of hydrogen-bond acceptors (Lipinski definition) is 0. The van der Waals surface area contributed by atoms with Gasteiger partial charge in [0.05, 0.1) is 0 Å².